The molecule has 0 atom stereocenters. The van der Waals surface area contributed by atoms with E-state index in [1.807, 2.05) is 0 Å². The van der Waals surface area contributed by atoms with E-state index in [-0.39, 0.29) is 16.4 Å². The van der Waals surface area contributed by atoms with E-state index in [9.17, 15) is 24.1 Å². The van der Waals surface area contributed by atoms with E-state index in [1.54, 1.807) is 19.9 Å². The Balaban J connectivity index is 2.10. The Labute approximate surface area is 152 Å². The molecule has 2 rings (SSSR count). The van der Waals surface area contributed by atoms with Crippen LogP contribution in [0.4, 0.5) is 15.8 Å². The minimum atomic E-state index is -1.07. The Morgan fingerprint density at radius 2 is 1.96 bits per heavy atom. The first-order valence-electron chi connectivity index (χ1n) is 7.37. The fraction of sp³-hybridized carbons (Fsp3) is 0.176. The fourth-order valence-electron chi connectivity index (χ4n) is 2.15. The van der Waals surface area contributed by atoms with Crippen LogP contribution in [0.5, 0.6) is 0 Å². The molecule has 0 aromatic heterocycles. The summed E-state index contributed by atoms with van der Waals surface area (Å²) in [6.07, 6.45) is 0. The summed E-state index contributed by atoms with van der Waals surface area (Å²) in [4.78, 5) is 34.3. The molecule has 0 bridgehead atoms. The Morgan fingerprint density at radius 3 is 2.62 bits per heavy atom. The van der Waals surface area contributed by atoms with Gasteiger partial charge < -0.3 is 10.1 Å². The van der Waals surface area contributed by atoms with Gasteiger partial charge in [-0.1, -0.05) is 17.7 Å². The van der Waals surface area contributed by atoms with Crippen molar-refractivity contribution < 1.29 is 23.6 Å². The second-order valence-electron chi connectivity index (χ2n) is 5.41. The number of carbonyl (C=O) groups is 2. The van der Waals surface area contributed by atoms with Crippen LogP contribution in [0.3, 0.4) is 0 Å². The maximum atomic E-state index is 13.6. The summed E-state index contributed by atoms with van der Waals surface area (Å²) in [7, 11) is 0. The average Bonchev–Trinajstić information content (AvgIpc) is 2.58. The van der Waals surface area contributed by atoms with Crippen molar-refractivity contribution in [2.45, 2.75) is 13.8 Å². The molecule has 0 spiro atoms. The number of benzene rings is 2. The van der Waals surface area contributed by atoms with Crippen LogP contribution in [0.15, 0.2) is 30.3 Å². The Kier molecular flexibility index (Phi) is 5.89. The van der Waals surface area contributed by atoms with Crippen LogP contribution >= 0.6 is 11.6 Å². The number of anilines is 1. The minimum Gasteiger partial charge on any atom is -0.452 e. The molecule has 2 aromatic carbocycles. The molecular formula is C17H14ClFN2O5. The Bertz CT molecular complexity index is 901. The maximum Gasteiger partial charge on any atom is 0.341 e. The van der Waals surface area contributed by atoms with Gasteiger partial charge in [-0.05, 0) is 43.2 Å². The third kappa shape index (κ3) is 4.34. The number of amides is 1. The molecule has 0 heterocycles. The highest BCUT2D eigenvalue weighted by Gasteiger charge is 2.21. The van der Waals surface area contributed by atoms with Gasteiger partial charge in [-0.2, -0.15) is 0 Å². The zero-order chi connectivity index (χ0) is 19.4. The molecule has 2 aromatic rings. The molecule has 9 heteroatoms. The lowest BCUT2D eigenvalue weighted by Crippen LogP contribution is -2.22. The first-order valence-corrected chi connectivity index (χ1v) is 7.75. The van der Waals surface area contributed by atoms with Gasteiger partial charge in [0.05, 0.1) is 10.5 Å². The van der Waals surface area contributed by atoms with Gasteiger partial charge in [-0.3, -0.25) is 14.9 Å². The molecule has 26 heavy (non-hydrogen) atoms. The van der Waals surface area contributed by atoms with Crippen molar-refractivity contribution in [3.63, 3.8) is 0 Å². The van der Waals surface area contributed by atoms with Crippen molar-refractivity contribution in [2.75, 3.05) is 11.9 Å². The number of nitro groups is 1. The van der Waals surface area contributed by atoms with E-state index in [0.29, 0.717) is 5.56 Å². The van der Waals surface area contributed by atoms with Gasteiger partial charge in [-0.25, -0.2) is 9.18 Å². The zero-order valence-electron chi connectivity index (χ0n) is 13.8. The van der Waals surface area contributed by atoms with Gasteiger partial charge in [0.2, 0.25) is 0 Å². The zero-order valence-corrected chi connectivity index (χ0v) is 14.6. The Hall–Kier alpha value is -3.00. The van der Waals surface area contributed by atoms with Crippen LogP contribution in [0.1, 0.15) is 21.5 Å². The van der Waals surface area contributed by atoms with Crippen LogP contribution in [0, 0.1) is 29.8 Å². The molecule has 0 saturated heterocycles. The SMILES string of the molecule is Cc1ccc([N+](=O)[O-])c(NC(=O)COC(=O)c2cc(Cl)ccc2F)c1C. The summed E-state index contributed by atoms with van der Waals surface area (Å²) in [6.45, 7) is 2.61. The number of aryl methyl sites for hydroxylation is 1. The summed E-state index contributed by atoms with van der Waals surface area (Å²) in [6, 6.07) is 6.17. The third-order valence-corrected chi connectivity index (χ3v) is 3.89. The summed E-state index contributed by atoms with van der Waals surface area (Å²) >= 11 is 5.69. The van der Waals surface area contributed by atoms with E-state index in [4.69, 9.17) is 16.3 Å². The third-order valence-electron chi connectivity index (χ3n) is 3.66. The first-order chi connectivity index (χ1) is 12.2. The highest BCUT2D eigenvalue weighted by Crippen LogP contribution is 2.30. The van der Waals surface area contributed by atoms with E-state index in [0.717, 1.165) is 17.7 Å². The smallest absolute Gasteiger partial charge is 0.341 e. The van der Waals surface area contributed by atoms with Gasteiger partial charge in [-0.15, -0.1) is 0 Å². The van der Waals surface area contributed by atoms with Crippen LogP contribution in [0.2, 0.25) is 5.02 Å². The highest BCUT2D eigenvalue weighted by atomic mass is 35.5. The fourth-order valence-corrected chi connectivity index (χ4v) is 2.32. The number of ether oxygens (including phenoxy) is 1. The molecule has 0 aliphatic heterocycles. The van der Waals surface area contributed by atoms with E-state index < -0.39 is 34.8 Å². The van der Waals surface area contributed by atoms with E-state index >= 15 is 0 Å². The summed E-state index contributed by atoms with van der Waals surface area (Å²) in [5, 5.41) is 13.6. The standard InChI is InChI=1S/C17H14ClFN2O5/c1-9-3-6-14(21(24)25)16(10(9)2)20-15(22)8-26-17(23)12-7-11(18)4-5-13(12)19/h3-7H,8H2,1-2H3,(H,20,22). The van der Waals surface area contributed by atoms with Crippen molar-refractivity contribution in [3.8, 4) is 0 Å². The number of hydrogen-bond donors (Lipinski definition) is 1. The number of nitrogens with one attached hydrogen (secondary N) is 1. The number of esters is 1. The molecule has 136 valence electrons. The van der Waals surface area contributed by atoms with Gasteiger partial charge in [0.25, 0.3) is 11.6 Å². The molecule has 0 aliphatic carbocycles. The predicted molar refractivity (Wildman–Crippen MR) is 92.9 cm³/mol. The van der Waals surface area contributed by atoms with Crippen molar-refractivity contribution in [3.05, 3.63) is 68.0 Å². The molecule has 0 radical (unpaired) electrons. The number of nitro benzene ring substituents is 1. The van der Waals surface area contributed by atoms with Crippen molar-refractivity contribution in [1.29, 1.82) is 0 Å². The van der Waals surface area contributed by atoms with Gasteiger partial charge in [0.1, 0.15) is 11.5 Å². The van der Waals surface area contributed by atoms with Crippen molar-refractivity contribution in [2.24, 2.45) is 0 Å². The minimum absolute atomic E-state index is 0.0185. The lowest BCUT2D eigenvalue weighted by Gasteiger charge is -2.11. The average molecular weight is 381 g/mol. The lowest BCUT2D eigenvalue weighted by atomic mass is 10.1. The summed E-state index contributed by atoms with van der Waals surface area (Å²) in [5.74, 6) is -2.71. The second-order valence-corrected chi connectivity index (χ2v) is 5.84. The topological polar surface area (TPSA) is 98.5 Å². The maximum absolute atomic E-state index is 13.6. The van der Waals surface area contributed by atoms with Gasteiger partial charge in [0, 0.05) is 11.1 Å². The summed E-state index contributed by atoms with van der Waals surface area (Å²) in [5.41, 5.74) is 0.574. The van der Waals surface area contributed by atoms with E-state index in [2.05, 4.69) is 5.32 Å². The van der Waals surface area contributed by atoms with Crippen LogP contribution in [0.25, 0.3) is 0 Å². The summed E-state index contributed by atoms with van der Waals surface area (Å²) < 4.78 is 18.3. The molecule has 1 amide bonds. The van der Waals surface area contributed by atoms with Crippen LogP contribution in [-0.2, 0) is 9.53 Å². The number of hydrogen-bond acceptors (Lipinski definition) is 5. The largest absolute Gasteiger partial charge is 0.452 e. The normalized spacial score (nSPS) is 10.3. The van der Waals surface area contributed by atoms with Gasteiger partial charge >= 0.3 is 5.97 Å². The number of nitrogens with zero attached hydrogens (tertiary/aromatic N) is 1. The van der Waals surface area contributed by atoms with Crippen molar-refractivity contribution in [1.82, 2.24) is 0 Å². The van der Waals surface area contributed by atoms with Crippen molar-refractivity contribution >= 4 is 34.9 Å². The lowest BCUT2D eigenvalue weighted by molar-refractivity contribution is -0.384. The predicted octanol–water partition coefficient (Wildman–Crippen LogP) is 3.80. The molecule has 0 saturated carbocycles. The molecule has 1 N–H and O–H groups in total. The first kappa shape index (κ1) is 19.3. The molecule has 7 nitrogen and oxygen atoms in total. The van der Waals surface area contributed by atoms with E-state index in [1.165, 1.54) is 12.1 Å². The quantitative estimate of drug-likeness (QED) is 0.483. The highest BCUT2D eigenvalue weighted by molar-refractivity contribution is 6.30. The number of carbonyl (C=O) groups excluding carboxylic acids is 2. The molecular weight excluding hydrogens is 367 g/mol. The molecule has 0 unspecified atom stereocenters. The number of rotatable bonds is 5. The Morgan fingerprint density at radius 1 is 1.27 bits per heavy atom. The van der Waals surface area contributed by atoms with Gasteiger partial charge in [0.15, 0.2) is 6.61 Å². The van der Waals surface area contributed by atoms with Crippen LogP contribution in [-0.4, -0.2) is 23.4 Å². The second kappa shape index (κ2) is 7.92. The van der Waals surface area contributed by atoms with Crippen LogP contribution < -0.4 is 5.32 Å². The molecule has 0 aliphatic rings. The monoisotopic (exact) mass is 380 g/mol. The molecule has 0 fully saturated rings. The number of halogens is 2.